The van der Waals surface area contributed by atoms with Crippen molar-refractivity contribution in [1.29, 1.82) is 0 Å². The molecule has 0 radical (unpaired) electrons. The van der Waals surface area contributed by atoms with Crippen LogP contribution in [0.25, 0.3) is 0 Å². The molecule has 3 aromatic rings. The van der Waals surface area contributed by atoms with Gasteiger partial charge in [0.05, 0.1) is 49.2 Å². The maximum absolute atomic E-state index is 13.6. The molecule has 0 aromatic heterocycles. The van der Waals surface area contributed by atoms with Gasteiger partial charge in [0, 0.05) is 31.3 Å². The van der Waals surface area contributed by atoms with E-state index in [4.69, 9.17) is 9.92 Å². The molecule has 0 unspecified atom stereocenters. The van der Waals surface area contributed by atoms with Gasteiger partial charge in [-0.1, -0.05) is 18.2 Å². The number of anilines is 3. The molecule has 4 N–H and O–H groups in total. The number of ketones is 2. The summed E-state index contributed by atoms with van der Waals surface area (Å²) in [4.78, 5) is 38.4. The van der Waals surface area contributed by atoms with Crippen molar-refractivity contribution in [3.8, 4) is 5.75 Å². The molecular formula is C26H27N4O6S+. The first-order chi connectivity index (χ1) is 17.3. The first-order valence-corrected chi connectivity index (χ1v) is 12.7. The van der Waals surface area contributed by atoms with E-state index in [1.807, 2.05) is 27.2 Å². The van der Waals surface area contributed by atoms with Crippen molar-refractivity contribution in [2.24, 2.45) is 0 Å². The van der Waals surface area contributed by atoms with E-state index in [0.29, 0.717) is 4.48 Å². The Labute approximate surface area is 214 Å². The predicted octanol–water partition coefficient (Wildman–Crippen LogP) is 3.01. The maximum Gasteiger partial charge on any atom is 0.341 e. The number of rotatable bonds is 6. The van der Waals surface area contributed by atoms with Crippen LogP contribution >= 0.6 is 0 Å². The average Bonchev–Trinajstić information content (AvgIpc) is 2.81. The second kappa shape index (κ2) is 9.02. The summed E-state index contributed by atoms with van der Waals surface area (Å²) in [7, 11) is 2.75. The molecular weight excluding hydrogens is 496 g/mol. The molecule has 1 amide bonds. The summed E-state index contributed by atoms with van der Waals surface area (Å²) < 4.78 is 32.6. The third-order valence-electron chi connectivity index (χ3n) is 5.97. The zero-order chi connectivity index (χ0) is 27.3. The lowest BCUT2D eigenvalue weighted by molar-refractivity contribution is -0.114. The first kappa shape index (κ1) is 25.9. The third kappa shape index (κ3) is 4.54. The minimum absolute atomic E-state index is 0.00335. The largest absolute Gasteiger partial charge is 0.397 e. The van der Waals surface area contributed by atoms with Crippen molar-refractivity contribution in [2.75, 3.05) is 44.6 Å². The van der Waals surface area contributed by atoms with Crippen LogP contribution in [0.15, 0.2) is 53.4 Å². The van der Waals surface area contributed by atoms with Crippen molar-refractivity contribution in [1.82, 2.24) is 4.48 Å². The number of amides is 1. The Morgan fingerprint density at radius 3 is 2.22 bits per heavy atom. The number of nitrogens with two attached hydrogens (primary N) is 1. The van der Waals surface area contributed by atoms with Crippen LogP contribution in [0.4, 0.5) is 22.7 Å². The van der Waals surface area contributed by atoms with Crippen LogP contribution in [0.2, 0.25) is 0 Å². The Morgan fingerprint density at radius 1 is 0.919 bits per heavy atom. The highest BCUT2D eigenvalue weighted by Crippen LogP contribution is 2.41. The van der Waals surface area contributed by atoms with Crippen LogP contribution in [0, 0.1) is 0 Å². The molecule has 0 heterocycles. The van der Waals surface area contributed by atoms with Crippen LogP contribution in [-0.2, 0) is 14.9 Å². The van der Waals surface area contributed by atoms with Gasteiger partial charge in [0.25, 0.3) is 0 Å². The molecule has 1 aliphatic carbocycles. The number of benzene rings is 3. The molecule has 37 heavy (non-hydrogen) atoms. The second-order valence-corrected chi connectivity index (χ2v) is 11.0. The maximum atomic E-state index is 13.6. The van der Waals surface area contributed by atoms with E-state index in [1.54, 1.807) is 12.1 Å². The van der Waals surface area contributed by atoms with E-state index >= 15 is 0 Å². The Kier molecular flexibility index (Phi) is 6.30. The SMILES string of the molecule is CNc1cc(S(=O)(=O)Oc2cccc([N+](C)(C)C)c2)c(N)c2c1C(=O)c1c(NC(C)=O)cccc1C2=O. The van der Waals surface area contributed by atoms with Gasteiger partial charge in [0.1, 0.15) is 16.3 Å². The molecule has 0 spiro atoms. The lowest BCUT2D eigenvalue weighted by atomic mass is 9.81. The Hall–Kier alpha value is -4.22. The van der Waals surface area contributed by atoms with Gasteiger partial charge in [-0.3, -0.25) is 18.9 Å². The van der Waals surface area contributed by atoms with Crippen molar-refractivity contribution < 1.29 is 27.0 Å². The smallest absolute Gasteiger partial charge is 0.341 e. The lowest BCUT2D eigenvalue weighted by Crippen LogP contribution is -2.34. The van der Waals surface area contributed by atoms with E-state index in [-0.39, 0.29) is 39.4 Å². The van der Waals surface area contributed by atoms with Gasteiger partial charge in [-0.15, -0.1) is 0 Å². The van der Waals surface area contributed by atoms with Crippen LogP contribution < -0.4 is 25.0 Å². The molecule has 0 bridgehead atoms. The Morgan fingerprint density at radius 2 is 1.59 bits per heavy atom. The van der Waals surface area contributed by atoms with Gasteiger partial charge >= 0.3 is 10.1 Å². The summed E-state index contributed by atoms with van der Waals surface area (Å²) in [6.45, 7) is 1.28. The summed E-state index contributed by atoms with van der Waals surface area (Å²) in [5.41, 5.74) is 6.60. The van der Waals surface area contributed by atoms with Crippen LogP contribution in [0.3, 0.4) is 0 Å². The first-order valence-electron chi connectivity index (χ1n) is 11.3. The molecule has 0 saturated heterocycles. The molecule has 0 aliphatic heterocycles. The molecule has 192 valence electrons. The number of carbonyl (C=O) groups excluding carboxylic acids is 3. The van der Waals surface area contributed by atoms with Crippen molar-refractivity contribution in [3.05, 3.63) is 70.8 Å². The number of fused-ring (bicyclic) bond motifs is 2. The monoisotopic (exact) mass is 523 g/mol. The molecule has 10 nitrogen and oxygen atoms in total. The van der Waals surface area contributed by atoms with E-state index in [0.717, 1.165) is 5.69 Å². The normalized spacial score (nSPS) is 13.0. The summed E-state index contributed by atoms with van der Waals surface area (Å²) in [5.74, 6) is -1.57. The quantitative estimate of drug-likeness (QED) is 0.199. The third-order valence-corrected chi connectivity index (χ3v) is 7.26. The molecule has 4 rings (SSSR count). The van der Waals surface area contributed by atoms with Crippen molar-refractivity contribution in [2.45, 2.75) is 11.8 Å². The summed E-state index contributed by atoms with van der Waals surface area (Å²) >= 11 is 0. The summed E-state index contributed by atoms with van der Waals surface area (Å²) in [6.07, 6.45) is 0. The zero-order valence-electron chi connectivity index (χ0n) is 21.0. The molecule has 11 heteroatoms. The fraction of sp³-hybridized carbons (Fsp3) is 0.192. The minimum atomic E-state index is -4.51. The Balaban J connectivity index is 1.87. The molecule has 0 fully saturated rings. The fourth-order valence-corrected chi connectivity index (χ4v) is 5.29. The number of carbonyl (C=O) groups is 3. The number of hydrogen-bond donors (Lipinski definition) is 3. The molecule has 3 aromatic carbocycles. The van der Waals surface area contributed by atoms with E-state index in [1.165, 1.54) is 44.3 Å². The standard InChI is InChI=1S/C26H26N4O6S/c1-14(31)29-18-11-7-10-17-21(18)26(33)22-19(28-2)13-20(24(27)23(22)25(17)32)37(34,35)36-16-9-6-8-15(12-16)30(3,4)5/h6-13H,1-5H3,(H3-,27,28,29,31,32,33)/p+1. The lowest BCUT2D eigenvalue weighted by Gasteiger charge is -2.25. The van der Waals surface area contributed by atoms with Crippen LogP contribution in [-0.4, -0.2) is 54.1 Å². The highest BCUT2D eigenvalue weighted by atomic mass is 32.2. The summed E-state index contributed by atoms with van der Waals surface area (Å²) in [6, 6.07) is 12.2. The van der Waals surface area contributed by atoms with Crippen LogP contribution in [0.1, 0.15) is 38.8 Å². The zero-order valence-corrected chi connectivity index (χ0v) is 21.8. The van der Waals surface area contributed by atoms with Crippen molar-refractivity contribution in [3.63, 3.8) is 0 Å². The van der Waals surface area contributed by atoms with E-state index in [2.05, 4.69) is 10.6 Å². The molecule has 0 saturated carbocycles. The topological polar surface area (TPSA) is 145 Å². The number of hydrogen-bond acceptors (Lipinski definition) is 8. The fourth-order valence-electron chi connectivity index (χ4n) is 4.21. The number of nitrogen functional groups attached to an aromatic ring is 1. The van der Waals surface area contributed by atoms with Gasteiger partial charge < -0.3 is 20.6 Å². The molecule has 1 aliphatic rings. The predicted molar refractivity (Wildman–Crippen MR) is 142 cm³/mol. The number of nitrogens with one attached hydrogen (secondary N) is 2. The minimum Gasteiger partial charge on any atom is -0.397 e. The van der Waals surface area contributed by atoms with E-state index in [9.17, 15) is 22.8 Å². The average molecular weight is 524 g/mol. The van der Waals surface area contributed by atoms with Gasteiger partial charge in [-0.05, 0) is 24.3 Å². The molecule has 0 atom stereocenters. The van der Waals surface area contributed by atoms with Gasteiger partial charge in [-0.25, -0.2) is 0 Å². The Bertz CT molecular complexity index is 1590. The summed E-state index contributed by atoms with van der Waals surface area (Å²) in [5, 5.41) is 5.36. The highest BCUT2D eigenvalue weighted by Gasteiger charge is 2.38. The van der Waals surface area contributed by atoms with E-state index < -0.39 is 38.2 Å². The number of quaternary nitrogens is 1. The van der Waals surface area contributed by atoms with Crippen molar-refractivity contribution >= 4 is 50.3 Å². The van der Waals surface area contributed by atoms with Gasteiger partial charge in [0.2, 0.25) is 5.91 Å². The second-order valence-electron chi connectivity index (χ2n) is 9.45. The highest BCUT2D eigenvalue weighted by molar-refractivity contribution is 7.87. The van der Waals surface area contributed by atoms with Gasteiger partial charge in [-0.2, -0.15) is 8.42 Å². The van der Waals surface area contributed by atoms with Gasteiger partial charge in [0.15, 0.2) is 11.6 Å². The number of nitrogens with zero attached hydrogens (tertiary/aromatic N) is 1. The van der Waals surface area contributed by atoms with Crippen LogP contribution in [0.5, 0.6) is 5.75 Å².